The maximum absolute atomic E-state index is 13.2. The van der Waals surface area contributed by atoms with E-state index in [0.29, 0.717) is 37.0 Å². The van der Waals surface area contributed by atoms with E-state index < -0.39 is 10.0 Å². The van der Waals surface area contributed by atoms with E-state index in [1.165, 1.54) is 5.56 Å². The summed E-state index contributed by atoms with van der Waals surface area (Å²) in [4.78, 5) is 7.48. The molecule has 0 atom stereocenters. The molecule has 7 heteroatoms. The van der Waals surface area contributed by atoms with Gasteiger partial charge in [0.2, 0.25) is 10.0 Å². The van der Waals surface area contributed by atoms with Gasteiger partial charge in [0.15, 0.2) is 5.82 Å². The number of nitrogens with zero attached hydrogens (tertiary/aromatic N) is 4. The number of para-hydroxylation sites is 2. The third-order valence-electron chi connectivity index (χ3n) is 6.09. The van der Waals surface area contributed by atoms with Crippen LogP contribution in [-0.2, 0) is 16.4 Å². The molecule has 1 saturated heterocycles. The molecule has 32 heavy (non-hydrogen) atoms. The van der Waals surface area contributed by atoms with Gasteiger partial charge in [-0.15, -0.1) is 0 Å². The lowest BCUT2D eigenvalue weighted by atomic mass is 10.0. The molecular weight excluding hydrogens is 420 g/mol. The highest BCUT2D eigenvalue weighted by molar-refractivity contribution is 7.89. The molecule has 0 saturated carbocycles. The van der Waals surface area contributed by atoms with Crippen molar-refractivity contribution in [1.82, 2.24) is 13.7 Å². The number of benzene rings is 2. The van der Waals surface area contributed by atoms with Gasteiger partial charge in [0.1, 0.15) is 0 Å². The highest BCUT2D eigenvalue weighted by Gasteiger charge is 2.29. The number of hydrogen-bond acceptors (Lipinski definition) is 4. The maximum Gasteiger partial charge on any atom is 0.243 e. The number of anilines is 1. The van der Waals surface area contributed by atoms with E-state index in [0.717, 1.165) is 28.8 Å². The van der Waals surface area contributed by atoms with Crippen LogP contribution in [0, 0.1) is 5.92 Å². The zero-order valence-corrected chi connectivity index (χ0v) is 19.3. The first-order valence-corrected chi connectivity index (χ1v) is 12.6. The van der Waals surface area contributed by atoms with Crippen LogP contribution in [0.1, 0.15) is 19.4 Å². The van der Waals surface area contributed by atoms with E-state index in [-0.39, 0.29) is 0 Å². The summed E-state index contributed by atoms with van der Waals surface area (Å²) in [5.74, 6) is 1.45. The zero-order valence-electron chi connectivity index (χ0n) is 18.5. The third-order valence-corrected chi connectivity index (χ3v) is 8.00. The molecule has 0 radical (unpaired) electrons. The molecule has 0 aliphatic carbocycles. The summed E-state index contributed by atoms with van der Waals surface area (Å²) in [6, 6.07) is 19.5. The monoisotopic (exact) mass is 448 g/mol. The Morgan fingerprint density at radius 3 is 2.28 bits per heavy atom. The Bertz CT molecular complexity index is 1350. The van der Waals surface area contributed by atoms with Crippen LogP contribution >= 0.6 is 0 Å². The molecule has 1 aliphatic heterocycles. The topological polar surface area (TPSA) is 57.9 Å². The first-order chi connectivity index (χ1) is 15.4. The summed E-state index contributed by atoms with van der Waals surface area (Å²) in [7, 11) is -3.50. The van der Waals surface area contributed by atoms with E-state index in [1.54, 1.807) is 16.4 Å². The van der Waals surface area contributed by atoms with Gasteiger partial charge in [-0.3, -0.25) is 0 Å². The van der Waals surface area contributed by atoms with Crippen molar-refractivity contribution < 1.29 is 8.42 Å². The van der Waals surface area contributed by atoms with E-state index >= 15 is 0 Å². The fourth-order valence-corrected chi connectivity index (χ4v) is 5.92. The summed E-state index contributed by atoms with van der Waals surface area (Å²) >= 11 is 0. The molecule has 166 valence electrons. The van der Waals surface area contributed by atoms with Gasteiger partial charge in [-0.25, -0.2) is 13.4 Å². The molecule has 0 N–H and O–H groups in total. The van der Waals surface area contributed by atoms with E-state index in [4.69, 9.17) is 4.98 Å². The molecule has 0 unspecified atom stereocenters. The predicted octanol–water partition coefficient (Wildman–Crippen LogP) is 4.20. The minimum Gasteiger partial charge on any atom is -0.352 e. The van der Waals surface area contributed by atoms with E-state index in [1.807, 2.05) is 42.6 Å². The van der Waals surface area contributed by atoms with Crippen LogP contribution < -0.4 is 4.90 Å². The van der Waals surface area contributed by atoms with Crippen LogP contribution in [0.5, 0.6) is 0 Å². The largest absolute Gasteiger partial charge is 0.352 e. The van der Waals surface area contributed by atoms with Crippen molar-refractivity contribution in [2.45, 2.75) is 25.2 Å². The van der Waals surface area contributed by atoms with Crippen molar-refractivity contribution in [1.29, 1.82) is 0 Å². The molecule has 1 aliphatic rings. The van der Waals surface area contributed by atoms with Gasteiger partial charge >= 0.3 is 0 Å². The fourth-order valence-electron chi connectivity index (χ4n) is 4.50. The Morgan fingerprint density at radius 1 is 0.875 bits per heavy atom. The van der Waals surface area contributed by atoms with Crippen molar-refractivity contribution in [2.75, 3.05) is 31.1 Å². The predicted molar refractivity (Wildman–Crippen MR) is 129 cm³/mol. The first kappa shape index (κ1) is 21.0. The van der Waals surface area contributed by atoms with Gasteiger partial charge < -0.3 is 9.30 Å². The Labute approximate surface area is 189 Å². The lowest BCUT2D eigenvalue weighted by Gasteiger charge is -2.35. The number of fused-ring (bicyclic) bond motifs is 3. The Kier molecular flexibility index (Phi) is 5.39. The number of aromatic nitrogens is 2. The summed E-state index contributed by atoms with van der Waals surface area (Å²) in [6.45, 7) is 6.43. The molecule has 0 amide bonds. The second-order valence-corrected chi connectivity index (χ2v) is 10.8. The number of piperazine rings is 1. The number of sulfonamides is 1. The van der Waals surface area contributed by atoms with Crippen LogP contribution in [0.4, 0.5) is 5.82 Å². The minimum absolute atomic E-state index is 0.372. The maximum atomic E-state index is 13.2. The highest BCUT2D eigenvalue weighted by Crippen LogP contribution is 2.27. The Balaban J connectivity index is 1.36. The lowest BCUT2D eigenvalue weighted by molar-refractivity contribution is 0.384. The molecule has 3 heterocycles. The van der Waals surface area contributed by atoms with Gasteiger partial charge in [0.05, 0.1) is 21.4 Å². The summed E-state index contributed by atoms with van der Waals surface area (Å²) in [5, 5.41) is 0. The van der Waals surface area contributed by atoms with Crippen LogP contribution in [-0.4, -0.2) is 48.3 Å². The molecule has 1 fully saturated rings. The molecule has 0 bridgehead atoms. The Hall–Kier alpha value is -2.90. The van der Waals surface area contributed by atoms with Gasteiger partial charge in [-0.2, -0.15) is 4.31 Å². The van der Waals surface area contributed by atoms with Gasteiger partial charge in [-0.1, -0.05) is 38.1 Å². The van der Waals surface area contributed by atoms with Crippen LogP contribution in [0.15, 0.2) is 71.8 Å². The van der Waals surface area contributed by atoms with Gasteiger partial charge in [0, 0.05) is 32.4 Å². The normalized spacial score (nSPS) is 15.8. The first-order valence-electron chi connectivity index (χ1n) is 11.1. The fraction of sp³-hybridized carbons (Fsp3) is 0.320. The zero-order chi connectivity index (χ0) is 22.3. The SMILES string of the molecule is CC(C)Cc1ccc(S(=O)(=O)N2CCN(c3nc4ccccc4n4cccc34)CC2)cc1. The lowest BCUT2D eigenvalue weighted by Crippen LogP contribution is -2.49. The number of hydrogen-bond donors (Lipinski definition) is 0. The van der Waals surface area contributed by atoms with Gasteiger partial charge in [-0.05, 0) is 54.3 Å². The van der Waals surface area contributed by atoms with E-state index in [9.17, 15) is 8.42 Å². The van der Waals surface area contributed by atoms with Gasteiger partial charge in [0.25, 0.3) is 0 Å². The average Bonchev–Trinajstić information content (AvgIpc) is 3.29. The van der Waals surface area contributed by atoms with Crippen LogP contribution in [0.25, 0.3) is 16.6 Å². The van der Waals surface area contributed by atoms with Crippen molar-refractivity contribution in [3.05, 3.63) is 72.4 Å². The van der Waals surface area contributed by atoms with Crippen molar-refractivity contribution in [2.24, 2.45) is 5.92 Å². The summed E-state index contributed by atoms with van der Waals surface area (Å²) in [5.41, 5.74) is 4.21. The van der Waals surface area contributed by atoms with Crippen LogP contribution in [0.2, 0.25) is 0 Å². The molecule has 6 nitrogen and oxygen atoms in total. The molecule has 5 rings (SSSR count). The molecule has 0 spiro atoms. The van der Waals surface area contributed by atoms with Crippen LogP contribution in [0.3, 0.4) is 0 Å². The summed E-state index contributed by atoms with van der Waals surface area (Å²) in [6.07, 6.45) is 3.00. The second-order valence-electron chi connectivity index (χ2n) is 8.82. The standard InChI is InChI=1S/C25H28N4O2S/c1-19(2)18-20-9-11-21(12-10-20)32(30,31)28-16-14-27(15-17-28)25-24-8-5-13-29(24)23-7-4-3-6-22(23)26-25/h3-13,19H,14-18H2,1-2H3. The average molecular weight is 449 g/mol. The highest BCUT2D eigenvalue weighted by atomic mass is 32.2. The smallest absolute Gasteiger partial charge is 0.243 e. The molecule has 2 aromatic carbocycles. The third kappa shape index (κ3) is 3.76. The molecule has 2 aromatic heterocycles. The van der Waals surface area contributed by atoms with Crippen molar-refractivity contribution in [3.63, 3.8) is 0 Å². The molecule has 4 aromatic rings. The Morgan fingerprint density at radius 2 is 1.56 bits per heavy atom. The number of rotatable bonds is 5. The summed E-state index contributed by atoms with van der Waals surface area (Å²) < 4.78 is 30.1. The second kappa shape index (κ2) is 8.22. The quantitative estimate of drug-likeness (QED) is 0.459. The van der Waals surface area contributed by atoms with E-state index in [2.05, 4.69) is 35.3 Å². The minimum atomic E-state index is -3.50. The van der Waals surface area contributed by atoms with Crippen molar-refractivity contribution >= 4 is 32.4 Å². The molecular formula is C25H28N4O2S. The van der Waals surface area contributed by atoms with Crippen molar-refractivity contribution in [3.8, 4) is 0 Å².